The van der Waals surface area contributed by atoms with Crippen LogP contribution in [0.2, 0.25) is 0 Å². The minimum atomic E-state index is -0.0320. The smallest absolute Gasteiger partial charge is 0.250 e. The summed E-state index contributed by atoms with van der Waals surface area (Å²) in [4.78, 5) is 11.9. The monoisotopic (exact) mass is 232 g/mol. The standard InChI is InChI=1S/C14H20N2O/c1-4-7-11(2)14(17)16-13-9-6-5-8-12(13)10-15-3/h5-9,15H,4,10H2,1-3H3,(H,16,17)/b11-7+. The Balaban J connectivity index is 2.81. The molecule has 3 nitrogen and oxygen atoms in total. The fraction of sp³-hybridized carbons (Fsp3) is 0.357. The fourth-order valence-corrected chi connectivity index (χ4v) is 1.61. The summed E-state index contributed by atoms with van der Waals surface area (Å²) in [5.74, 6) is -0.0320. The average molecular weight is 232 g/mol. The van der Waals surface area contributed by atoms with Crippen molar-refractivity contribution in [1.29, 1.82) is 0 Å². The van der Waals surface area contributed by atoms with Crippen LogP contribution in [0.4, 0.5) is 5.69 Å². The lowest BCUT2D eigenvalue weighted by Gasteiger charge is -2.10. The predicted octanol–water partition coefficient (Wildman–Crippen LogP) is 2.70. The van der Waals surface area contributed by atoms with Crippen LogP contribution in [0.25, 0.3) is 0 Å². The summed E-state index contributed by atoms with van der Waals surface area (Å²) in [5.41, 5.74) is 2.72. The molecule has 0 saturated carbocycles. The van der Waals surface area contributed by atoms with E-state index < -0.39 is 0 Å². The first-order valence-electron chi connectivity index (χ1n) is 5.89. The van der Waals surface area contributed by atoms with Gasteiger partial charge in [-0.1, -0.05) is 31.2 Å². The number of carbonyl (C=O) groups is 1. The summed E-state index contributed by atoms with van der Waals surface area (Å²) >= 11 is 0. The molecule has 0 bridgehead atoms. The van der Waals surface area contributed by atoms with Gasteiger partial charge in [-0.15, -0.1) is 0 Å². The minimum Gasteiger partial charge on any atom is -0.322 e. The molecule has 0 aromatic heterocycles. The van der Waals surface area contributed by atoms with Gasteiger partial charge in [0.1, 0.15) is 0 Å². The van der Waals surface area contributed by atoms with E-state index >= 15 is 0 Å². The van der Waals surface area contributed by atoms with Gasteiger partial charge in [0, 0.05) is 17.8 Å². The third-order valence-corrected chi connectivity index (χ3v) is 2.50. The van der Waals surface area contributed by atoms with Crippen LogP contribution in [-0.4, -0.2) is 13.0 Å². The van der Waals surface area contributed by atoms with Gasteiger partial charge < -0.3 is 10.6 Å². The zero-order valence-corrected chi connectivity index (χ0v) is 10.7. The number of anilines is 1. The second-order valence-electron chi connectivity index (χ2n) is 3.94. The molecular weight excluding hydrogens is 212 g/mol. The van der Waals surface area contributed by atoms with E-state index in [2.05, 4.69) is 10.6 Å². The van der Waals surface area contributed by atoms with Crippen LogP contribution in [0.15, 0.2) is 35.9 Å². The van der Waals surface area contributed by atoms with Crippen molar-refractivity contribution < 1.29 is 4.79 Å². The van der Waals surface area contributed by atoms with Gasteiger partial charge in [-0.25, -0.2) is 0 Å². The Hall–Kier alpha value is -1.61. The first-order chi connectivity index (χ1) is 8.19. The summed E-state index contributed by atoms with van der Waals surface area (Å²) in [7, 11) is 1.89. The SMILES string of the molecule is CC/C=C(\C)C(=O)Nc1ccccc1CNC. The van der Waals surface area contributed by atoms with E-state index in [9.17, 15) is 4.79 Å². The molecule has 2 N–H and O–H groups in total. The van der Waals surface area contributed by atoms with E-state index in [0.717, 1.165) is 29.8 Å². The number of hydrogen-bond acceptors (Lipinski definition) is 2. The largest absolute Gasteiger partial charge is 0.322 e. The molecule has 0 heterocycles. The summed E-state index contributed by atoms with van der Waals surface area (Å²) in [6.45, 7) is 4.60. The highest BCUT2D eigenvalue weighted by atomic mass is 16.1. The van der Waals surface area contributed by atoms with E-state index in [-0.39, 0.29) is 5.91 Å². The van der Waals surface area contributed by atoms with E-state index in [4.69, 9.17) is 0 Å². The second kappa shape index (κ2) is 6.86. The van der Waals surface area contributed by atoms with E-state index in [0.29, 0.717) is 0 Å². The van der Waals surface area contributed by atoms with E-state index in [1.807, 2.05) is 51.2 Å². The molecular formula is C14H20N2O. The second-order valence-corrected chi connectivity index (χ2v) is 3.94. The lowest BCUT2D eigenvalue weighted by Crippen LogP contribution is -2.15. The summed E-state index contributed by atoms with van der Waals surface area (Å²) in [5, 5.41) is 6.02. The first kappa shape index (κ1) is 13.5. The van der Waals surface area contributed by atoms with Gasteiger partial charge in [0.05, 0.1) is 0 Å². The molecule has 0 radical (unpaired) electrons. The van der Waals surface area contributed by atoms with Gasteiger partial charge in [-0.3, -0.25) is 4.79 Å². The van der Waals surface area contributed by atoms with Crippen molar-refractivity contribution in [2.45, 2.75) is 26.8 Å². The third kappa shape index (κ3) is 4.04. The number of rotatable bonds is 5. The number of amides is 1. The fourth-order valence-electron chi connectivity index (χ4n) is 1.61. The summed E-state index contributed by atoms with van der Waals surface area (Å²) < 4.78 is 0. The molecule has 1 aromatic rings. The Morgan fingerprint density at radius 3 is 2.71 bits per heavy atom. The van der Waals surface area contributed by atoms with E-state index in [1.54, 1.807) is 0 Å². The number of benzene rings is 1. The molecule has 0 spiro atoms. The van der Waals surface area contributed by atoms with Crippen LogP contribution >= 0.6 is 0 Å². The summed E-state index contributed by atoms with van der Waals surface area (Å²) in [6, 6.07) is 7.82. The van der Waals surface area contributed by atoms with Crippen molar-refractivity contribution in [2.24, 2.45) is 0 Å². The highest BCUT2D eigenvalue weighted by molar-refractivity contribution is 6.03. The number of para-hydroxylation sites is 1. The number of carbonyl (C=O) groups excluding carboxylic acids is 1. The third-order valence-electron chi connectivity index (χ3n) is 2.50. The molecule has 0 atom stereocenters. The molecule has 0 unspecified atom stereocenters. The quantitative estimate of drug-likeness (QED) is 0.766. The minimum absolute atomic E-state index is 0.0320. The van der Waals surface area contributed by atoms with Crippen LogP contribution in [0.5, 0.6) is 0 Å². The Labute approximate surface area is 103 Å². The number of hydrogen-bond donors (Lipinski definition) is 2. The van der Waals surface area contributed by atoms with Gasteiger partial charge in [-0.2, -0.15) is 0 Å². The molecule has 0 fully saturated rings. The van der Waals surface area contributed by atoms with Gasteiger partial charge in [0.25, 0.3) is 5.91 Å². The highest BCUT2D eigenvalue weighted by Gasteiger charge is 2.06. The van der Waals surface area contributed by atoms with E-state index in [1.165, 1.54) is 0 Å². The van der Waals surface area contributed by atoms with Crippen LogP contribution in [0, 0.1) is 0 Å². The zero-order valence-electron chi connectivity index (χ0n) is 10.7. The van der Waals surface area contributed by atoms with Crippen molar-refractivity contribution in [3.63, 3.8) is 0 Å². The molecule has 17 heavy (non-hydrogen) atoms. The molecule has 0 aliphatic heterocycles. The lowest BCUT2D eigenvalue weighted by atomic mass is 10.1. The Morgan fingerprint density at radius 2 is 2.06 bits per heavy atom. The number of allylic oxidation sites excluding steroid dienone is 1. The predicted molar refractivity (Wildman–Crippen MR) is 71.9 cm³/mol. The normalized spacial score (nSPS) is 11.4. The molecule has 1 amide bonds. The van der Waals surface area contributed by atoms with Gasteiger partial charge in [-0.05, 0) is 32.0 Å². The van der Waals surface area contributed by atoms with Gasteiger partial charge in [0.15, 0.2) is 0 Å². The summed E-state index contributed by atoms with van der Waals surface area (Å²) in [6.07, 6.45) is 2.80. The van der Waals surface area contributed by atoms with Crippen molar-refractivity contribution in [3.8, 4) is 0 Å². The maximum atomic E-state index is 11.9. The van der Waals surface area contributed by atoms with Crippen molar-refractivity contribution in [1.82, 2.24) is 5.32 Å². The average Bonchev–Trinajstić information content (AvgIpc) is 2.32. The molecule has 3 heteroatoms. The van der Waals surface area contributed by atoms with Crippen LogP contribution in [0.1, 0.15) is 25.8 Å². The maximum absolute atomic E-state index is 11.9. The highest BCUT2D eigenvalue weighted by Crippen LogP contribution is 2.15. The maximum Gasteiger partial charge on any atom is 0.250 e. The molecule has 1 rings (SSSR count). The topological polar surface area (TPSA) is 41.1 Å². The Kier molecular flexibility index (Phi) is 5.43. The lowest BCUT2D eigenvalue weighted by molar-refractivity contribution is -0.112. The first-order valence-corrected chi connectivity index (χ1v) is 5.89. The molecule has 0 aliphatic carbocycles. The zero-order chi connectivity index (χ0) is 12.7. The van der Waals surface area contributed by atoms with Crippen LogP contribution in [0.3, 0.4) is 0 Å². The van der Waals surface area contributed by atoms with Crippen LogP contribution < -0.4 is 10.6 Å². The Morgan fingerprint density at radius 1 is 1.35 bits per heavy atom. The Bertz CT molecular complexity index is 410. The molecule has 0 aliphatic rings. The molecule has 92 valence electrons. The molecule has 1 aromatic carbocycles. The van der Waals surface area contributed by atoms with Gasteiger partial charge in [0.2, 0.25) is 0 Å². The molecule has 0 saturated heterocycles. The number of nitrogens with one attached hydrogen (secondary N) is 2. The van der Waals surface area contributed by atoms with Crippen molar-refractivity contribution in [2.75, 3.05) is 12.4 Å². The van der Waals surface area contributed by atoms with Crippen molar-refractivity contribution in [3.05, 3.63) is 41.5 Å². The van der Waals surface area contributed by atoms with Gasteiger partial charge >= 0.3 is 0 Å². The van der Waals surface area contributed by atoms with Crippen molar-refractivity contribution >= 4 is 11.6 Å². The van der Waals surface area contributed by atoms with Crippen LogP contribution in [-0.2, 0) is 11.3 Å².